The van der Waals surface area contributed by atoms with Gasteiger partial charge >= 0.3 is 0 Å². The van der Waals surface area contributed by atoms with Crippen LogP contribution in [0.2, 0.25) is 0 Å². The zero-order valence-corrected chi connectivity index (χ0v) is 10.6. The summed E-state index contributed by atoms with van der Waals surface area (Å²) in [5.74, 6) is 2.25. The summed E-state index contributed by atoms with van der Waals surface area (Å²) in [5.41, 5.74) is 0. The monoisotopic (exact) mass is 238 g/mol. The number of unbranched alkanes of at least 4 members (excludes halogenated alkanes) is 1. The van der Waals surface area contributed by atoms with E-state index < -0.39 is 0 Å². The predicted octanol–water partition coefficient (Wildman–Crippen LogP) is 1.13. The first kappa shape index (κ1) is 12.5. The summed E-state index contributed by atoms with van der Waals surface area (Å²) in [4.78, 5) is 0. The molecular weight excluding hydrogens is 216 g/mol. The fraction of sp³-hybridized carbons (Fsp3) is 0.833. The highest BCUT2D eigenvalue weighted by Crippen LogP contribution is 2.13. The Morgan fingerprint density at radius 2 is 2.24 bits per heavy atom. The molecule has 5 nitrogen and oxygen atoms in total. The number of ether oxygens (including phenoxy) is 1. The van der Waals surface area contributed by atoms with Crippen molar-refractivity contribution in [2.75, 3.05) is 20.3 Å². The van der Waals surface area contributed by atoms with Gasteiger partial charge in [0.25, 0.3) is 0 Å². The molecule has 0 spiro atoms. The summed E-state index contributed by atoms with van der Waals surface area (Å²) in [7, 11) is 1.75. The fourth-order valence-electron chi connectivity index (χ4n) is 2.20. The standard InChI is InChI=1S/C12H22N4O/c1-17-9-5-3-7-13-10-12-15-14-11-6-2-4-8-16(11)12/h13H,2-10H2,1H3. The van der Waals surface area contributed by atoms with Gasteiger partial charge in [-0.05, 0) is 32.2 Å². The fourth-order valence-corrected chi connectivity index (χ4v) is 2.20. The highest BCUT2D eigenvalue weighted by atomic mass is 16.5. The van der Waals surface area contributed by atoms with Crippen LogP contribution < -0.4 is 5.32 Å². The van der Waals surface area contributed by atoms with Crippen LogP contribution in [0.3, 0.4) is 0 Å². The maximum Gasteiger partial charge on any atom is 0.147 e. The quantitative estimate of drug-likeness (QED) is 0.724. The largest absolute Gasteiger partial charge is 0.385 e. The Morgan fingerprint density at radius 1 is 1.29 bits per heavy atom. The van der Waals surface area contributed by atoms with Gasteiger partial charge in [0.1, 0.15) is 11.6 Å². The van der Waals surface area contributed by atoms with Crippen molar-refractivity contribution in [3.8, 4) is 0 Å². The molecule has 2 rings (SSSR count). The molecular formula is C12H22N4O. The highest BCUT2D eigenvalue weighted by molar-refractivity contribution is 4.98. The Bertz CT molecular complexity index is 337. The summed E-state index contributed by atoms with van der Waals surface area (Å²) in [5, 5.41) is 11.9. The number of hydrogen-bond donors (Lipinski definition) is 1. The molecule has 5 heteroatoms. The van der Waals surface area contributed by atoms with Crippen LogP contribution in [0.1, 0.15) is 37.3 Å². The molecule has 0 fully saturated rings. The van der Waals surface area contributed by atoms with Crippen LogP contribution in [0, 0.1) is 0 Å². The lowest BCUT2D eigenvalue weighted by Crippen LogP contribution is -2.20. The van der Waals surface area contributed by atoms with Gasteiger partial charge in [0.15, 0.2) is 0 Å². The molecule has 0 saturated heterocycles. The molecule has 0 atom stereocenters. The van der Waals surface area contributed by atoms with E-state index in [0.29, 0.717) is 0 Å². The lowest BCUT2D eigenvalue weighted by Gasteiger charge is -2.14. The van der Waals surface area contributed by atoms with Gasteiger partial charge < -0.3 is 14.6 Å². The van der Waals surface area contributed by atoms with Crippen molar-refractivity contribution in [1.82, 2.24) is 20.1 Å². The molecule has 0 bridgehead atoms. The van der Waals surface area contributed by atoms with E-state index in [-0.39, 0.29) is 0 Å². The number of aryl methyl sites for hydroxylation is 1. The third kappa shape index (κ3) is 3.51. The number of methoxy groups -OCH3 is 1. The number of nitrogens with one attached hydrogen (secondary N) is 1. The Morgan fingerprint density at radius 3 is 3.12 bits per heavy atom. The molecule has 1 aromatic rings. The maximum atomic E-state index is 5.01. The van der Waals surface area contributed by atoms with Crippen LogP contribution in [-0.4, -0.2) is 35.0 Å². The van der Waals surface area contributed by atoms with E-state index in [1.54, 1.807) is 7.11 Å². The van der Waals surface area contributed by atoms with Crippen LogP contribution in [0.4, 0.5) is 0 Å². The van der Waals surface area contributed by atoms with E-state index in [2.05, 4.69) is 20.1 Å². The van der Waals surface area contributed by atoms with E-state index in [9.17, 15) is 0 Å². The number of hydrogen-bond acceptors (Lipinski definition) is 4. The van der Waals surface area contributed by atoms with Gasteiger partial charge in [-0.3, -0.25) is 0 Å². The van der Waals surface area contributed by atoms with Gasteiger partial charge in [-0.1, -0.05) is 0 Å². The molecule has 0 aromatic carbocycles. The molecule has 0 unspecified atom stereocenters. The van der Waals surface area contributed by atoms with E-state index in [0.717, 1.165) is 57.2 Å². The van der Waals surface area contributed by atoms with Crippen molar-refractivity contribution in [2.45, 2.75) is 45.2 Å². The topological polar surface area (TPSA) is 52.0 Å². The minimum atomic E-state index is 0.833. The summed E-state index contributed by atoms with van der Waals surface area (Å²) in [6.45, 7) is 3.79. The number of nitrogens with zero attached hydrogens (tertiary/aromatic N) is 3. The van der Waals surface area contributed by atoms with Gasteiger partial charge in [-0.25, -0.2) is 0 Å². The highest BCUT2D eigenvalue weighted by Gasteiger charge is 2.14. The number of fused-ring (bicyclic) bond motifs is 1. The normalized spacial score (nSPS) is 14.9. The smallest absolute Gasteiger partial charge is 0.147 e. The van der Waals surface area contributed by atoms with Crippen LogP contribution >= 0.6 is 0 Å². The molecule has 96 valence electrons. The second-order valence-corrected chi connectivity index (χ2v) is 4.52. The molecule has 0 radical (unpaired) electrons. The average Bonchev–Trinajstić information content (AvgIpc) is 2.77. The third-order valence-corrected chi connectivity index (χ3v) is 3.17. The van der Waals surface area contributed by atoms with Crippen LogP contribution in [-0.2, 0) is 24.2 Å². The van der Waals surface area contributed by atoms with Crippen molar-refractivity contribution < 1.29 is 4.74 Å². The lowest BCUT2D eigenvalue weighted by molar-refractivity contribution is 0.192. The van der Waals surface area contributed by atoms with Crippen molar-refractivity contribution in [2.24, 2.45) is 0 Å². The summed E-state index contributed by atoms with van der Waals surface area (Å²) in [6.07, 6.45) is 5.85. The van der Waals surface area contributed by atoms with Crippen molar-refractivity contribution in [3.63, 3.8) is 0 Å². The van der Waals surface area contributed by atoms with Crippen molar-refractivity contribution >= 4 is 0 Å². The second kappa shape index (κ2) is 6.71. The second-order valence-electron chi connectivity index (χ2n) is 4.52. The van der Waals surface area contributed by atoms with E-state index in [1.807, 2.05) is 0 Å². The molecule has 1 N–H and O–H groups in total. The molecule has 1 aromatic heterocycles. The first-order valence-electron chi connectivity index (χ1n) is 6.52. The third-order valence-electron chi connectivity index (χ3n) is 3.17. The van der Waals surface area contributed by atoms with E-state index >= 15 is 0 Å². The van der Waals surface area contributed by atoms with Gasteiger partial charge in [-0.2, -0.15) is 0 Å². The summed E-state index contributed by atoms with van der Waals surface area (Å²) < 4.78 is 7.28. The van der Waals surface area contributed by atoms with Crippen molar-refractivity contribution in [1.29, 1.82) is 0 Å². The molecule has 0 amide bonds. The van der Waals surface area contributed by atoms with E-state index in [1.165, 1.54) is 12.8 Å². The molecule has 1 aliphatic rings. The van der Waals surface area contributed by atoms with Gasteiger partial charge in [0.05, 0.1) is 6.54 Å². The van der Waals surface area contributed by atoms with Crippen LogP contribution in [0.25, 0.3) is 0 Å². The van der Waals surface area contributed by atoms with Gasteiger partial charge in [-0.15, -0.1) is 10.2 Å². The SMILES string of the molecule is COCCCCNCc1nnc2n1CCCC2. The zero-order valence-electron chi connectivity index (χ0n) is 10.6. The minimum Gasteiger partial charge on any atom is -0.385 e. The maximum absolute atomic E-state index is 5.01. The van der Waals surface area contributed by atoms with Crippen LogP contribution in [0.5, 0.6) is 0 Å². The first-order chi connectivity index (χ1) is 8.42. The number of rotatable bonds is 7. The Labute approximate surface area is 103 Å². The van der Waals surface area contributed by atoms with Gasteiger partial charge in [0, 0.05) is 26.7 Å². The Hall–Kier alpha value is -0.940. The minimum absolute atomic E-state index is 0.833. The summed E-state index contributed by atoms with van der Waals surface area (Å²) >= 11 is 0. The van der Waals surface area contributed by atoms with Gasteiger partial charge in [0.2, 0.25) is 0 Å². The average molecular weight is 238 g/mol. The number of aromatic nitrogens is 3. The molecule has 0 aliphatic carbocycles. The van der Waals surface area contributed by atoms with E-state index in [4.69, 9.17) is 4.74 Å². The zero-order chi connectivity index (χ0) is 11.9. The molecule has 1 aliphatic heterocycles. The Balaban J connectivity index is 1.70. The molecule has 2 heterocycles. The molecule has 0 saturated carbocycles. The van der Waals surface area contributed by atoms with Crippen molar-refractivity contribution in [3.05, 3.63) is 11.6 Å². The summed E-state index contributed by atoms with van der Waals surface area (Å²) in [6, 6.07) is 0. The lowest BCUT2D eigenvalue weighted by atomic mass is 10.2. The Kier molecular flexibility index (Phi) is 4.94. The first-order valence-corrected chi connectivity index (χ1v) is 6.52. The predicted molar refractivity (Wildman–Crippen MR) is 65.8 cm³/mol. The van der Waals surface area contributed by atoms with Crippen LogP contribution in [0.15, 0.2) is 0 Å². The molecule has 17 heavy (non-hydrogen) atoms.